The molecule has 2 bridgehead atoms. The quantitative estimate of drug-likeness (QED) is 0.455. The second-order valence-electron chi connectivity index (χ2n) is 13.0. The molecule has 5 rings (SSSR count). The van der Waals surface area contributed by atoms with Crippen molar-refractivity contribution in [2.45, 2.75) is 73.0 Å². The molecular formula is C33H39NO6. The summed E-state index contributed by atoms with van der Waals surface area (Å²) in [5, 5.41) is 26.8. The molecule has 1 aromatic rings. The van der Waals surface area contributed by atoms with Crippen molar-refractivity contribution >= 4 is 23.3 Å². The SMILES string of the molecule is CC1=CC(C)C=C(C)C2(O)C(C)C3C(CC(C)C)C(=O)NC34C(=O)c3cc(C)c(O)c(c3C(=O)C24)C(=O)C(C)=C1. The van der Waals surface area contributed by atoms with Crippen molar-refractivity contribution in [3.63, 3.8) is 0 Å². The third kappa shape index (κ3) is 3.52. The van der Waals surface area contributed by atoms with Gasteiger partial charge in [0.1, 0.15) is 16.9 Å². The standard InChI is InChI=1S/C33H39NO6/c1-14(2)9-22-25-20(8)33(40)19(7)12-16(4)10-15(3)11-17(5)26(35)24-23-21(13-18(6)27(24)36)30(38)32(25,34-31(22)39)29(33)28(23)37/h10-14,16,20,22,25,29,36,40H,9H2,1-8H3,(H,34,39). The molecule has 1 heterocycles. The average Bonchev–Trinajstić information content (AvgIpc) is 3.23. The highest BCUT2D eigenvalue weighted by Gasteiger charge is 2.78. The Bertz CT molecular complexity index is 1480. The van der Waals surface area contributed by atoms with Gasteiger partial charge in [-0.1, -0.05) is 51.5 Å². The Hall–Kier alpha value is -3.32. The van der Waals surface area contributed by atoms with E-state index in [1.807, 2.05) is 46.8 Å². The van der Waals surface area contributed by atoms with Crippen LogP contribution < -0.4 is 5.32 Å². The molecule has 1 aromatic carbocycles. The van der Waals surface area contributed by atoms with E-state index in [0.29, 0.717) is 17.6 Å². The summed E-state index contributed by atoms with van der Waals surface area (Å²) >= 11 is 0. The number of hydrogen-bond donors (Lipinski definition) is 3. The Morgan fingerprint density at radius 3 is 2.27 bits per heavy atom. The van der Waals surface area contributed by atoms with E-state index >= 15 is 0 Å². The van der Waals surface area contributed by atoms with Gasteiger partial charge >= 0.3 is 0 Å². The molecule has 1 spiro atoms. The largest absolute Gasteiger partial charge is 0.507 e. The van der Waals surface area contributed by atoms with Crippen molar-refractivity contribution in [2.75, 3.05) is 0 Å². The number of phenols is 1. The molecule has 0 aromatic heterocycles. The number of carbonyl (C=O) groups excluding carboxylic acids is 4. The zero-order valence-corrected chi connectivity index (χ0v) is 24.5. The van der Waals surface area contributed by atoms with E-state index in [1.165, 1.54) is 6.07 Å². The Kier molecular flexibility index (Phi) is 6.42. The maximum atomic E-state index is 14.8. The number of amides is 1. The predicted octanol–water partition coefficient (Wildman–Crippen LogP) is 4.90. The van der Waals surface area contributed by atoms with Crippen LogP contribution in [-0.2, 0) is 4.79 Å². The lowest BCUT2D eigenvalue weighted by Crippen LogP contribution is -2.64. The van der Waals surface area contributed by atoms with Crippen molar-refractivity contribution in [3.8, 4) is 5.75 Å². The monoisotopic (exact) mass is 545 g/mol. The first kappa shape index (κ1) is 28.2. The third-order valence-corrected chi connectivity index (χ3v) is 9.80. The number of hydrogen-bond acceptors (Lipinski definition) is 6. The van der Waals surface area contributed by atoms with Crippen LogP contribution in [0.25, 0.3) is 0 Å². The summed E-state index contributed by atoms with van der Waals surface area (Å²) in [6.07, 6.45) is 6.07. The van der Waals surface area contributed by atoms with E-state index < -0.39 is 52.2 Å². The topological polar surface area (TPSA) is 121 Å². The van der Waals surface area contributed by atoms with Crippen molar-refractivity contribution in [3.05, 3.63) is 63.3 Å². The maximum absolute atomic E-state index is 14.8. The number of nitrogens with one attached hydrogen (secondary N) is 1. The van der Waals surface area contributed by atoms with Gasteiger partial charge in [-0.05, 0) is 74.6 Å². The van der Waals surface area contributed by atoms with E-state index in [2.05, 4.69) is 5.32 Å². The molecule has 3 N–H and O–H groups in total. The number of rotatable bonds is 2. The Labute approximate surface area is 235 Å². The summed E-state index contributed by atoms with van der Waals surface area (Å²) in [5.41, 5.74) is -1.86. The highest BCUT2D eigenvalue weighted by molar-refractivity contribution is 6.28. The van der Waals surface area contributed by atoms with Gasteiger partial charge in [-0.2, -0.15) is 0 Å². The molecule has 3 aliphatic carbocycles. The smallest absolute Gasteiger partial charge is 0.224 e. The van der Waals surface area contributed by atoms with Gasteiger partial charge in [-0.3, -0.25) is 19.2 Å². The molecule has 2 fully saturated rings. The second kappa shape index (κ2) is 9.10. The van der Waals surface area contributed by atoms with Crippen LogP contribution in [0.2, 0.25) is 0 Å². The van der Waals surface area contributed by atoms with Gasteiger partial charge in [0, 0.05) is 23.0 Å². The number of allylic oxidation sites excluding steroid dienone is 5. The van der Waals surface area contributed by atoms with E-state index in [1.54, 1.807) is 26.8 Å². The normalized spacial score (nSPS) is 35.4. The Morgan fingerprint density at radius 1 is 1.00 bits per heavy atom. The molecule has 0 radical (unpaired) electrons. The van der Waals surface area contributed by atoms with Crippen LogP contribution in [0.1, 0.15) is 91.5 Å². The van der Waals surface area contributed by atoms with E-state index in [9.17, 15) is 29.4 Å². The number of ketones is 3. The van der Waals surface area contributed by atoms with Crippen molar-refractivity contribution in [1.82, 2.24) is 5.32 Å². The van der Waals surface area contributed by atoms with Crippen LogP contribution in [-0.4, -0.2) is 44.6 Å². The number of Topliss-reactive ketones (excluding diaryl/α,β-unsaturated/α-hetero) is 3. The highest BCUT2D eigenvalue weighted by Crippen LogP contribution is 2.63. The number of carbonyl (C=O) groups is 4. The first-order chi connectivity index (χ1) is 18.6. The van der Waals surface area contributed by atoms with Crippen LogP contribution in [0.3, 0.4) is 0 Å². The first-order valence-electron chi connectivity index (χ1n) is 14.2. The minimum absolute atomic E-state index is 0.0109. The average molecular weight is 546 g/mol. The van der Waals surface area contributed by atoms with E-state index in [0.717, 1.165) is 5.57 Å². The molecule has 1 saturated carbocycles. The van der Waals surface area contributed by atoms with Crippen molar-refractivity contribution < 1.29 is 29.4 Å². The fraction of sp³-hybridized carbons (Fsp3) is 0.515. The fourth-order valence-electron chi connectivity index (χ4n) is 8.32. The van der Waals surface area contributed by atoms with E-state index in [4.69, 9.17) is 0 Å². The molecule has 7 nitrogen and oxygen atoms in total. The molecule has 7 heteroatoms. The van der Waals surface area contributed by atoms with Crippen LogP contribution in [0.5, 0.6) is 5.75 Å². The molecule has 7 atom stereocenters. The third-order valence-electron chi connectivity index (χ3n) is 9.80. The van der Waals surface area contributed by atoms with Crippen LogP contribution in [0.15, 0.2) is 41.0 Å². The van der Waals surface area contributed by atoms with Crippen LogP contribution >= 0.6 is 0 Å². The minimum Gasteiger partial charge on any atom is -0.507 e. The van der Waals surface area contributed by atoms with Gasteiger partial charge in [-0.15, -0.1) is 0 Å². The van der Waals surface area contributed by atoms with Gasteiger partial charge in [0.15, 0.2) is 17.3 Å². The lowest BCUT2D eigenvalue weighted by atomic mass is 9.62. The zero-order chi connectivity index (χ0) is 29.6. The van der Waals surface area contributed by atoms with E-state index in [-0.39, 0.29) is 45.7 Å². The summed E-state index contributed by atoms with van der Waals surface area (Å²) in [6, 6.07) is 1.45. The molecular weight excluding hydrogens is 506 g/mol. The fourth-order valence-corrected chi connectivity index (χ4v) is 8.32. The van der Waals surface area contributed by atoms with Crippen LogP contribution in [0.4, 0.5) is 0 Å². The molecule has 7 unspecified atom stereocenters. The predicted molar refractivity (Wildman–Crippen MR) is 151 cm³/mol. The van der Waals surface area contributed by atoms with Crippen LogP contribution in [0, 0.1) is 42.4 Å². The minimum atomic E-state index is -1.77. The molecule has 212 valence electrons. The molecule has 1 amide bonds. The highest BCUT2D eigenvalue weighted by atomic mass is 16.3. The van der Waals surface area contributed by atoms with Crippen molar-refractivity contribution in [1.29, 1.82) is 0 Å². The zero-order valence-electron chi connectivity index (χ0n) is 24.5. The number of aromatic hydroxyl groups is 1. The molecule has 1 saturated heterocycles. The summed E-state index contributed by atoms with van der Waals surface area (Å²) in [4.78, 5) is 56.9. The molecule has 40 heavy (non-hydrogen) atoms. The van der Waals surface area contributed by atoms with Gasteiger partial charge in [0.25, 0.3) is 0 Å². The van der Waals surface area contributed by atoms with Gasteiger partial charge < -0.3 is 15.5 Å². The van der Waals surface area contributed by atoms with Gasteiger partial charge in [-0.25, -0.2) is 0 Å². The number of benzene rings is 1. The first-order valence-corrected chi connectivity index (χ1v) is 14.2. The summed E-state index contributed by atoms with van der Waals surface area (Å²) in [5.74, 6) is -5.49. The Balaban J connectivity index is 1.93. The van der Waals surface area contributed by atoms with Gasteiger partial charge in [0.05, 0.1) is 11.5 Å². The number of phenolic OH excluding ortho intramolecular Hbond substituents is 1. The molecule has 4 aliphatic rings. The van der Waals surface area contributed by atoms with Crippen molar-refractivity contribution in [2.24, 2.45) is 35.5 Å². The van der Waals surface area contributed by atoms with Gasteiger partial charge in [0.2, 0.25) is 5.91 Å². The number of aliphatic hydroxyl groups is 1. The lowest BCUT2D eigenvalue weighted by molar-refractivity contribution is -0.125. The summed E-state index contributed by atoms with van der Waals surface area (Å²) in [6.45, 7) is 14.6. The summed E-state index contributed by atoms with van der Waals surface area (Å²) in [7, 11) is 0. The molecule has 1 aliphatic heterocycles. The number of aryl methyl sites for hydroxylation is 1. The summed E-state index contributed by atoms with van der Waals surface area (Å²) < 4.78 is 0. The second-order valence-corrected chi connectivity index (χ2v) is 13.0. The Morgan fingerprint density at radius 2 is 1.65 bits per heavy atom. The maximum Gasteiger partial charge on any atom is 0.224 e. The lowest BCUT2D eigenvalue weighted by Gasteiger charge is -2.43.